The van der Waals surface area contributed by atoms with Crippen LogP contribution in [0.25, 0.3) is 0 Å². The van der Waals surface area contributed by atoms with Crippen LogP contribution in [0.3, 0.4) is 0 Å². The van der Waals surface area contributed by atoms with Crippen molar-refractivity contribution in [2.24, 2.45) is 0 Å². The van der Waals surface area contributed by atoms with E-state index in [4.69, 9.17) is 0 Å². The van der Waals surface area contributed by atoms with Gasteiger partial charge >= 0.3 is 0 Å². The molecule has 6 heteroatoms. The zero-order chi connectivity index (χ0) is 14.7. The van der Waals surface area contributed by atoms with Crippen molar-refractivity contribution < 1.29 is 13.6 Å². The molecule has 2 aromatic rings. The lowest BCUT2D eigenvalue weighted by Gasteiger charge is -2.14. The number of nitrogens with one attached hydrogen (secondary N) is 1. The van der Waals surface area contributed by atoms with Crippen molar-refractivity contribution in [1.29, 1.82) is 0 Å². The third-order valence-corrected chi connectivity index (χ3v) is 3.04. The fourth-order valence-corrected chi connectivity index (χ4v) is 1.81. The maximum Gasteiger partial charge on any atom is 0.257 e. The molecule has 0 aliphatic rings. The molecule has 0 spiro atoms. The fourth-order valence-electron chi connectivity index (χ4n) is 1.81. The lowest BCUT2D eigenvalue weighted by atomic mass is 10.2. The number of hydrogen-bond donors (Lipinski definition) is 1. The van der Waals surface area contributed by atoms with E-state index in [1.807, 2.05) is 13.8 Å². The number of carbonyl (C=O) groups excluding carboxylic acids is 1. The summed E-state index contributed by atoms with van der Waals surface area (Å²) < 4.78 is 27.8. The highest BCUT2D eigenvalue weighted by atomic mass is 19.1. The zero-order valence-electron chi connectivity index (χ0n) is 11.2. The number of anilines is 1. The molecule has 0 saturated carbocycles. The molecule has 0 saturated heterocycles. The Bertz CT molecular complexity index is 604. The summed E-state index contributed by atoms with van der Waals surface area (Å²) in [6.07, 6.45) is 2.41. The molecule has 0 radical (unpaired) electrons. The third-order valence-electron chi connectivity index (χ3n) is 3.04. The monoisotopic (exact) mass is 279 g/mol. The van der Waals surface area contributed by atoms with Crippen LogP contribution in [0, 0.1) is 11.6 Å². The Hall–Kier alpha value is -2.24. The number of halogens is 2. The first-order chi connectivity index (χ1) is 9.51. The summed E-state index contributed by atoms with van der Waals surface area (Å²) in [4.78, 5) is 12.0. The van der Waals surface area contributed by atoms with E-state index in [1.54, 1.807) is 16.9 Å². The molecular formula is C14H15F2N3O. The average molecular weight is 279 g/mol. The summed E-state index contributed by atoms with van der Waals surface area (Å²) in [6, 6.07) is 4.45. The normalized spacial score (nSPS) is 12.2. The molecular weight excluding hydrogens is 264 g/mol. The minimum absolute atomic E-state index is 0.0700. The van der Waals surface area contributed by atoms with Gasteiger partial charge in [0.2, 0.25) is 0 Å². The molecule has 0 unspecified atom stereocenters. The van der Waals surface area contributed by atoms with Gasteiger partial charge in [-0.15, -0.1) is 0 Å². The Morgan fingerprint density at radius 1 is 1.35 bits per heavy atom. The number of amides is 1. The molecule has 0 aliphatic heterocycles. The minimum atomic E-state index is -0.786. The third kappa shape index (κ3) is 3.01. The predicted octanol–water partition coefficient (Wildman–Crippen LogP) is 3.38. The van der Waals surface area contributed by atoms with Gasteiger partial charge in [-0.3, -0.25) is 4.79 Å². The van der Waals surface area contributed by atoms with Crippen LogP contribution >= 0.6 is 0 Å². The van der Waals surface area contributed by atoms with Gasteiger partial charge in [0.15, 0.2) is 0 Å². The van der Waals surface area contributed by atoms with E-state index >= 15 is 0 Å². The highest BCUT2D eigenvalue weighted by Gasteiger charge is 2.14. The van der Waals surface area contributed by atoms with Crippen molar-refractivity contribution in [3.8, 4) is 0 Å². The van der Waals surface area contributed by atoms with E-state index < -0.39 is 17.5 Å². The van der Waals surface area contributed by atoms with Gasteiger partial charge in [0, 0.05) is 17.7 Å². The van der Waals surface area contributed by atoms with Crippen molar-refractivity contribution in [1.82, 2.24) is 9.78 Å². The van der Waals surface area contributed by atoms with Gasteiger partial charge in [-0.2, -0.15) is 5.10 Å². The molecule has 4 nitrogen and oxygen atoms in total. The second-order valence-electron chi connectivity index (χ2n) is 4.53. The summed E-state index contributed by atoms with van der Waals surface area (Å²) in [5.74, 6) is -1.65. The number of nitrogens with zero attached hydrogens (tertiary/aromatic N) is 2. The van der Waals surface area contributed by atoms with Gasteiger partial charge in [0.05, 0.1) is 12.2 Å². The summed E-state index contributed by atoms with van der Waals surface area (Å²) >= 11 is 0. The summed E-state index contributed by atoms with van der Waals surface area (Å²) in [5.41, 5.74) is -0.0700. The van der Waals surface area contributed by atoms with E-state index in [1.165, 1.54) is 0 Å². The number of benzene rings is 1. The van der Waals surface area contributed by atoms with Crippen LogP contribution in [0.5, 0.6) is 0 Å². The van der Waals surface area contributed by atoms with Crippen molar-refractivity contribution in [3.05, 3.63) is 47.7 Å². The van der Waals surface area contributed by atoms with Gasteiger partial charge in [0.25, 0.3) is 5.91 Å². The van der Waals surface area contributed by atoms with Crippen molar-refractivity contribution in [2.75, 3.05) is 5.32 Å². The first kappa shape index (κ1) is 14.2. The SMILES string of the molecule is CC[C@H](C)n1nccc1NC(=O)c1cc(F)cc(F)c1. The van der Waals surface area contributed by atoms with E-state index in [-0.39, 0.29) is 11.6 Å². The first-order valence-electron chi connectivity index (χ1n) is 6.32. The molecule has 2 rings (SSSR count). The standard InChI is InChI=1S/C14H15F2N3O/c1-3-9(2)19-13(4-5-17-19)18-14(20)10-6-11(15)8-12(16)7-10/h4-9H,3H2,1-2H3,(H,18,20)/t9-/m0/s1. The van der Waals surface area contributed by atoms with Crippen LogP contribution < -0.4 is 5.32 Å². The maximum atomic E-state index is 13.1. The number of hydrogen-bond acceptors (Lipinski definition) is 2. The van der Waals surface area contributed by atoms with Crippen LogP contribution in [-0.4, -0.2) is 15.7 Å². The molecule has 0 bridgehead atoms. The summed E-state index contributed by atoms with van der Waals surface area (Å²) in [7, 11) is 0. The second kappa shape index (κ2) is 5.81. The predicted molar refractivity (Wildman–Crippen MR) is 71.5 cm³/mol. The van der Waals surface area contributed by atoms with Crippen LogP contribution in [0.4, 0.5) is 14.6 Å². The molecule has 1 aromatic carbocycles. The van der Waals surface area contributed by atoms with Crippen LogP contribution in [0.15, 0.2) is 30.5 Å². The van der Waals surface area contributed by atoms with E-state index in [0.717, 1.165) is 24.6 Å². The van der Waals surface area contributed by atoms with Crippen LogP contribution in [0.2, 0.25) is 0 Å². The fraction of sp³-hybridized carbons (Fsp3) is 0.286. The molecule has 1 atom stereocenters. The average Bonchev–Trinajstić information content (AvgIpc) is 2.84. The topological polar surface area (TPSA) is 46.9 Å². The minimum Gasteiger partial charge on any atom is -0.307 e. The lowest BCUT2D eigenvalue weighted by Crippen LogP contribution is -2.17. The highest BCUT2D eigenvalue weighted by Crippen LogP contribution is 2.17. The van der Waals surface area contributed by atoms with Gasteiger partial charge < -0.3 is 5.32 Å². The second-order valence-corrected chi connectivity index (χ2v) is 4.53. The zero-order valence-corrected chi connectivity index (χ0v) is 11.2. The number of carbonyl (C=O) groups is 1. The van der Waals surface area contributed by atoms with Crippen molar-refractivity contribution in [3.63, 3.8) is 0 Å². The summed E-state index contributed by atoms with van der Waals surface area (Å²) in [6.45, 7) is 3.96. The molecule has 1 amide bonds. The molecule has 20 heavy (non-hydrogen) atoms. The Morgan fingerprint density at radius 3 is 2.60 bits per heavy atom. The van der Waals surface area contributed by atoms with Gasteiger partial charge in [-0.25, -0.2) is 13.5 Å². The van der Waals surface area contributed by atoms with E-state index in [0.29, 0.717) is 5.82 Å². The summed E-state index contributed by atoms with van der Waals surface area (Å²) in [5, 5.41) is 6.73. The molecule has 106 valence electrons. The molecule has 1 heterocycles. The Balaban J connectivity index is 2.22. The molecule has 0 fully saturated rings. The van der Waals surface area contributed by atoms with Gasteiger partial charge in [0.1, 0.15) is 17.5 Å². The van der Waals surface area contributed by atoms with E-state index in [9.17, 15) is 13.6 Å². The number of aromatic nitrogens is 2. The number of rotatable bonds is 4. The first-order valence-corrected chi connectivity index (χ1v) is 6.32. The van der Waals surface area contributed by atoms with Gasteiger partial charge in [-0.05, 0) is 25.5 Å². The Labute approximate surface area is 115 Å². The maximum absolute atomic E-state index is 13.1. The van der Waals surface area contributed by atoms with Crippen molar-refractivity contribution >= 4 is 11.7 Å². The lowest BCUT2D eigenvalue weighted by molar-refractivity contribution is 0.102. The highest BCUT2D eigenvalue weighted by molar-refractivity contribution is 6.03. The smallest absolute Gasteiger partial charge is 0.257 e. The Kier molecular flexibility index (Phi) is 4.12. The molecule has 1 aromatic heterocycles. The Morgan fingerprint density at radius 2 is 2.00 bits per heavy atom. The van der Waals surface area contributed by atoms with Crippen molar-refractivity contribution in [2.45, 2.75) is 26.3 Å². The van der Waals surface area contributed by atoms with E-state index in [2.05, 4.69) is 10.4 Å². The van der Waals surface area contributed by atoms with Crippen LogP contribution in [0.1, 0.15) is 36.7 Å². The molecule has 1 N–H and O–H groups in total. The van der Waals surface area contributed by atoms with Gasteiger partial charge in [-0.1, -0.05) is 6.92 Å². The quantitative estimate of drug-likeness (QED) is 0.932. The van der Waals surface area contributed by atoms with Crippen LogP contribution in [-0.2, 0) is 0 Å². The largest absolute Gasteiger partial charge is 0.307 e. The molecule has 0 aliphatic carbocycles.